The molecule has 0 fully saturated rings. The summed E-state index contributed by atoms with van der Waals surface area (Å²) >= 11 is 3.32. The van der Waals surface area contributed by atoms with Crippen molar-refractivity contribution >= 4 is 39.7 Å². The standard InChI is InChI=1S/C25H22BrN3O7/c1-15-9-20(29(32)33)10-16(2)24(15)35-14-23(30)28-27-13-17-7-8-21(22(11-17)34-3)36-25(31)18-5-4-6-19(26)12-18/h4-13H,14H2,1-3H3,(H,28,30)/b27-13-. The van der Waals surface area contributed by atoms with Gasteiger partial charge in [0.1, 0.15) is 5.75 Å². The molecule has 10 nitrogen and oxygen atoms in total. The normalized spacial score (nSPS) is 10.7. The molecule has 36 heavy (non-hydrogen) atoms. The molecule has 0 saturated heterocycles. The summed E-state index contributed by atoms with van der Waals surface area (Å²) in [4.78, 5) is 35.0. The van der Waals surface area contributed by atoms with Gasteiger partial charge in [-0.1, -0.05) is 22.0 Å². The summed E-state index contributed by atoms with van der Waals surface area (Å²) < 4.78 is 17.0. The van der Waals surface area contributed by atoms with Gasteiger partial charge in [0.15, 0.2) is 18.1 Å². The summed E-state index contributed by atoms with van der Waals surface area (Å²) in [7, 11) is 1.44. The van der Waals surface area contributed by atoms with Crippen molar-refractivity contribution in [2.45, 2.75) is 13.8 Å². The van der Waals surface area contributed by atoms with Crippen molar-refractivity contribution in [3.63, 3.8) is 0 Å². The van der Waals surface area contributed by atoms with Crippen LogP contribution in [0.2, 0.25) is 0 Å². The van der Waals surface area contributed by atoms with Crippen LogP contribution in [0.3, 0.4) is 0 Å². The molecule has 0 unspecified atom stereocenters. The topological polar surface area (TPSA) is 129 Å². The third kappa shape index (κ3) is 6.89. The van der Waals surface area contributed by atoms with E-state index in [1.54, 1.807) is 56.3 Å². The number of nitro benzene ring substituents is 1. The molecule has 1 N–H and O–H groups in total. The Bertz CT molecular complexity index is 1320. The van der Waals surface area contributed by atoms with Crippen molar-refractivity contribution in [1.82, 2.24) is 5.43 Å². The van der Waals surface area contributed by atoms with Crippen LogP contribution in [0.15, 0.2) is 64.2 Å². The Hall–Kier alpha value is -4.25. The number of nitrogens with one attached hydrogen (secondary N) is 1. The van der Waals surface area contributed by atoms with Crippen molar-refractivity contribution in [2.24, 2.45) is 5.10 Å². The zero-order valence-corrected chi connectivity index (χ0v) is 21.2. The summed E-state index contributed by atoms with van der Waals surface area (Å²) in [6, 6.07) is 14.4. The van der Waals surface area contributed by atoms with E-state index in [0.29, 0.717) is 33.8 Å². The first kappa shape index (κ1) is 26.4. The molecule has 0 aliphatic rings. The molecule has 0 radical (unpaired) electrons. The molecule has 0 atom stereocenters. The second-order valence-corrected chi connectivity index (χ2v) is 8.47. The van der Waals surface area contributed by atoms with E-state index in [2.05, 4.69) is 26.5 Å². The molecule has 0 aliphatic carbocycles. The van der Waals surface area contributed by atoms with Crippen LogP contribution >= 0.6 is 15.9 Å². The highest BCUT2D eigenvalue weighted by atomic mass is 79.9. The molecular formula is C25H22BrN3O7. The Balaban J connectivity index is 1.58. The molecule has 0 spiro atoms. The number of ether oxygens (including phenoxy) is 3. The summed E-state index contributed by atoms with van der Waals surface area (Å²) in [6.45, 7) is 3.00. The van der Waals surface area contributed by atoms with E-state index < -0.39 is 16.8 Å². The molecule has 3 rings (SSSR count). The number of hydrogen-bond donors (Lipinski definition) is 1. The molecule has 0 heterocycles. The first-order valence-corrected chi connectivity index (χ1v) is 11.3. The van der Waals surface area contributed by atoms with Crippen LogP contribution in [0.4, 0.5) is 5.69 Å². The lowest BCUT2D eigenvalue weighted by Crippen LogP contribution is -2.25. The van der Waals surface area contributed by atoms with Gasteiger partial charge in [-0.2, -0.15) is 5.10 Å². The van der Waals surface area contributed by atoms with Crippen LogP contribution in [0.5, 0.6) is 17.2 Å². The van der Waals surface area contributed by atoms with E-state index in [-0.39, 0.29) is 18.0 Å². The average molecular weight is 556 g/mol. The minimum absolute atomic E-state index is 0.0456. The number of hydrogen-bond acceptors (Lipinski definition) is 8. The molecule has 0 aromatic heterocycles. The van der Waals surface area contributed by atoms with Gasteiger partial charge >= 0.3 is 5.97 Å². The number of rotatable bonds is 9. The number of aryl methyl sites for hydroxylation is 2. The number of nitro groups is 1. The number of carbonyl (C=O) groups is 2. The van der Waals surface area contributed by atoms with Crippen molar-refractivity contribution in [3.05, 3.63) is 91.4 Å². The molecule has 0 aliphatic heterocycles. The SMILES string of the molecule is COc1cc(/C=N\NC(=O)COc2c(C)cc([N+](=O)[O-])cc2C)ccc1OC(=O)c1cccc(Br)c1. The lowest BCUT2D eigenvalue weighted by atomic mass is 10.1. The molecule has 3 aromatic rings. The van der Waals surface area contributed by atoms with Gasteiger partial charge in [-0.15, -0.1) is 0 Å². The van der Waals surface area contributed by atoms with Gasteiger partial charge in [-0.3, -0.25) is 14.9 Å². The molecule has 3 aromatic carbocycles. The van der Waals surface area contributed by atoms with Gasteiger partial charge in [-0.25, -0.2) is 10.2 Å². The highest BCUT2D eigenvalue weighted by Gasteiger charge is 2.15. The van der Waals surface area contributed by atoms with E-state index in [1.165, 1.54) is 25.5 Å². The maximum Gasteiger partial charge on any atom is 0.343 e. The van der Waals surface area contributed by atoms with Gasteiger partial charge in [-0.05, 0) is 66.9 Å². The van der Waals surface area contributed by atoms with Crippen LogP contribution in [0, 0.1) is 24.0 Å². The first-order valence-electron chi connectivity index (χ1n) is 10.5. The lowest BCUT2D eigenvalue weighted by Gasteiger charge is -2.11. The number of non-ortho nitro benzene ring substituents is 1. The number of amides is 1. The van der Waals surface area contributed by atoms with Crippen molar-refractivity contribution in [1.29, 1.82) is 0 Å². The smallest absolute Gasteiger partial charge is 0.343 e. The number of esters is 1. The third-order valence-corrected chi connectivity index (χ3v) is 5.35. The van der Waals surface area contributed by atoms with E-state index >= 15 is 0 Å². The van der Waals surface area contributed by atoms with E-state index in [0.717, 1.165) is 4.47 Å². The molecule has 186 valence electrons. The monoisotopic (exact) mass is 555 g/mol. The van der Waals surface area contributed by atoms with Crippen LogP contribution in [0.1, 0.15) is 27.0 Å². The highest BCUT2D eigenvalue weighted by molar-refractivity contribution is 9.10. The Morgan fingerprint density at radius 3 is 2.44 bits per heavy atom. The van der Waals surface area contributed by atoms with Crippen molar-refractivity contribution in [3.8, 4) is 17.2 Å². The van der Waals surface area contributed by atoms with E-state index in [9.17, 15) is 19.7 Å². The quantitative estimate of drug-likeness (QED) is 0.133. The second kappa shape index (κ2) is 11.9. The van der Waals surface area contributed by atoms with Crippen LogP contribution in [-0.2, 0) is 4.79 Å². The van der Waals surface area contributed by atoms with Crippen molar-refractivity contribution in [2.75, 3.05) is 13.7 Å². The van der Waals surface area contributed by atoms with Crippen LogP contribution < -0.4 is 19.6 Å². The zero-order chi connectivity index (χ0) is 26.2. The molecular weight excluding hydrogens is 534 g/mol. The number of benzene rings is 3. The van der Waals surface area contributed by atoms with Gasteiger partial charge in [0, 0.05) is 16.6 Å². The molecule has 0 saturated carbocycles. The van der Waals surface area contributed by atoms with Gasteiger partial charge in [0.05, 0.1) is 23.8 Å². The zero-order valence-electron chi connectivity index (χ0n) is 19.6. The number of carbonyl (C=O) groups excluding carboxylic acids is 2. The Morgan fingerprint density at radius 2 is 1.81 bits per heavy atom. The number of nitrogens with zero attached hydrogens (tertiary/aromatic N) is 2. The van der Waals surface area contributed by atoms with Crippen molar-refractivity contribution < 1.29 is 28.7 Å². The fourth-order valence-corrected chi connectivity index (χ4v) is 3.63. The minimum Gasteiger partial charge on any atom is -0.493 e. The lowest BCUT2D eigenvalue weighted by molar-refractivity contribution is -0.385. The summed E-state index contributed by atoms with van der Waals surface area (Å²) in [6.07, 6.45) is 1.39. The van der Waals surface area contributed by atoms with Crippen LogP contribution in [-0.4, -0.2) is 36.7 Å². The fourth-order valence-electron chi connectivity index (χ4n) is 3.23. The summed E-state index contributed by atoms with van der Waals surface area (Å²) in [5.41, 5.74) is 4.35. The van der Waals surface area contributed by atoms with E-state index in [4.69, 9.17) is 14.2 Å². The summed E-state index contributed by atoms with van der Waals surface area (Å²) in [5, 5.41) is 14.8. The Morgan fingerprint density at radius 1 is 1.08 bits per heavy atom. The number of halogens is 1. The maximum atomic E-state index is 12.4. The molecule has 1 amide bonds. The Kier molecular flexibility index (Phi) is 8.74. The fraction of sp³-hybridized carbons (Fsp3) is 0.160. The van der Waals surface area contributed by atoms with Gasteiger partial charge < -0.3 is 14.2 Å². The molecule has 0 bridgehead atoms. The Labute approximate surface area is 215 Å². The largest absolute Gasteiger partial charge is 0.493 e. The third-order valence-electron chi connectivity index (χ3n) is 4.86. The maximum absolute atomic E-state index is 12.4. The number of methoxy groups -OCH3 is 1. The predicted octanol–water partition coefficient (Wildman–Crippen LogP) is 4.73. The van der Waals surface area contributed by atoms with Gasteiger partial charge in [0.2, 0.25) is 0 Å². The highest BCUT2D eigenvalue weighted by Crippen LogP contribution is 2.29. The van der Waals surface area contributed by atoms with E-state index in [1.807, 2.05) is 0 Å². The second-order valence-electron chi connectivity index (χ2n) is 7.56. The number of hydrazone groups is 1. The minimum atomic E-state index is -0.540. The molecule has 11 heteroatoms. The van der Waals surface area contributed by atoms with Crippen LogP contribution in [0.25, 0.3) is 0 Å². The van der Waals surface area contributed by atoms with Gasteiger partial charge in [0.25, 0.3) is 11.6 Å². The average Bonchev–Trinajstić information content (AvgIpc) is 2.84. The predicted molar refractivity (Wildman–Crippen MR) is 136 cm³/mol. The summed E-state index contributed by atoms with van der Waals surface area (Å²) in [5.74, 6) is -0.124. The first-order chi connectivity index (χ1) is 17.2.